The molecule has 2 aliphatic rings. The number of nitrogens with one attached hydrogen (secondary N) is 1. The minimum absolute atomic E-state index is 0.00795. The second-order valence-corrected chi connectivity index (χ2v) is 9.77. The molecule has 1 saturated heterocycles. The summed E-state index contributed by atoms with van der Waals surface area (Å²) >= 11 is 8.35. The second kappa shape index (κ2) is 7.01. The van der Waals surface area contributed by atoms with E-state index in [1.807, 2.05) is 0 Å². The van der Waals surface area contributed by atoms with Crippen molar-refractivity contribution in [3.8, 4) is 5.75 Å². The van der Waals surface area contributed by atoms with Crippen LogP contribution < -0.4 is 9.77 Å². The van der Waals surface area contributed by atoms with Crippen LogP contribution in [0.15, 0.2) is 58.4 Å². The van der Waals surface area contributed by atoms with E-state index < -0.39 is 11.3 Å². The molecular formula is C21H15ClN2O4S2. The van der Waals surface area contributed by atoms with Crippen LogP contribution in [0.1, 0.15) is 22.8 Å². The van der Waals surface area contributed by atoms with E-state index in [0.717, 1.165) is 11.3 Å². The zero-order valence-corrected chi connectivity index (χ0v) is 17.8. The molecule has 0 saturated carbocycles. The molecule has 1 aromatic heterocycles. The summed E-state index contributed by atoms with van der Waals surface area (Å²) in [6.07, 6.45) is -0.00795. The lowest BCUT2D eigenvalue weighted by Gasteiger charge is -2.38. The number of halogens is 1. The Labute approximate surface area is 184 Å². The van der Waals surface area contributed by atoms with Crippen molar-refractivity contribution >= 4 is 52.2 Å². The molecule has 0 aliphatic carbocycles. The summed E-state index contributed by atoms with van der Waals surface area (Å²) in [5.41, 5.74) is -0.105. The molecule has 0 bridgehead atoms. The van der Waals surface area contributed by atoms with Gasteiger partial charge in [0, 0.05) is 33.6 Å². The summed E-state index contributed by atoms with van der Waals surface area (Å²) in [5, 5.41) is 11.8. The maximum absolute atomic E-state index is 13.8. The smallest absolute Gasteiger partial charge is 0.305 e. The predicted octanol–water partition coefficient (Wildman–Crippen LogP) is 3.98. The normalized spacial score (nSPS) is 23.2. The van der Waals surface area contributed by atoms with Crippen LogP contribution in [0.3, 0.4) is 0 Å². The van der Waals surface area contributed by atoms with Gasteiger partial charge < -0.3 is 10.1 Å². The number of imide groups is 1. The van der Waals surface area contributed by atoms with Crippen LogP contribution in [0.4, 0.5) is 5.69 Å². The number of hydrogen-bond acceptors (Lipinski definition) is 6. The molecule has 2 amide bonds. The number of thioether (sulfide) groups is 1. The Kier molecular flexibility index (Phi) is 4.53. The van der Waals surface area contributed by atoms with Gasteiger partial charge >= 0.3 is 4.87 Å². The number of fused-ring (bicyclic) bond motifs is 1. The number of aromatic hydroxyl groups is 1. The first-order valence-electron chi connectivity index (χ1n) is 9.17. The Bertz CT molecular complexity index is 1240. The fraction of sp³-hybridized carbons (Fsp3) is 0.190. The minimum atomic E-state index is -1.10. The molecule has 2 atom stereocenters. The van der Waals surface area contributed by atoms with E-state index in [0.29, 0.717) is 31.9 Å². The number of aromatic amines is 1. The molecule has 6 nitrogen and oxygen atoms in total. The highest BCUT2D eigenvalue weighted by Gasteiger charge is 2.60. The number of carbonyl (C=O) groups is 2. The number of rotatable bonds is 2. The largest absolute Gasteiger partial charge is 0.508 e. The third-order valence-corrected chi connectivity index (χ3v) is 8.21. The number of thiazole rings is 1. The Balaban J connectivity index is 1.69. The second-order valence-electron chi connectivity index (χ2n) is 7.33. The van der Waals surface area contributed by atoms with Crippen LogP contribution in [0.5, 0.6) is 5.75 Å². The number of nitrogens with zero attached hydrogens (tertiary/aromatic N) is 1. The van der Waals surface area contributed by atoms with Crippen LogP contribution in [-0.4, -0.2) is 27.7 Å². The Morgan fingerprint density at radius 2 is 1.83 bits per heavy atom. The van der Waals surface area contributed by atoms with Crippen molar-refractivity contribution < 1.29 is 14.7 Å². The highest BCUT2D eigenvalue weighted by molar-refractivity contribution is 7.99. The summed E-state index contributed by atoms with van der Waals surface area (Å²) in [6, 6.07) is 13.3. The van der Waals surface area contributed by atoms with Crippen molar-refractivity contribution in [1.29, 1.82) is 0 Å². The number of aromatic nitrogens is 1. The zero-order chi connectivity index (χ0) is 21.0. The summed E-state index contributed by atoms with van der Waals surface area (Å²) in [4.78, 5) is 43.4. The van der Waals surface area contributed by atoms with Crippen molar-refractivity contribution in [2.24, 2.45) is 5.41 Å². The van der Waals surface area contributed by atoms with Gasteiger partial charge in [-0.25, -0.2) is 4.90 Å². The van der Waals surface area contributed by atoms with Crippen molar-refractivity contribution in [3.05, 3.63) is 73.7 Å². The molecule has 30 heavy (non-hydrogen) atoms. The van der Waals surface area contributed by atoms with Crippen LogP contribution in [0.25, 0.3) is 0 Å². The number of H-pyrrole nitrogens is 1. The third-order valence-electron chi connectivity index (χ3n) is 5.61. The highest BCUT2D eigenvalue weighted by Crippen LogP contribution is 2.58. The molecule has 152 valence electrons. The monoisotopic (exact) mass is 458 g/mol. The third kappa shape index (κ3) is 2.82. The Hall–Kier alpha value is -2.55. The molecular weight excluding hydrogens is 444 g/mol. The number of benzene rings is 2. The van der Waals surface area contributed by atoms with Crippen LogP contribution in [0.2, 0.25) is 5.02 Å². The number of hydrogen-bond donors (Lipinski definition) is 2. The standard InChI is InChI=1S/C21H15ClN2O4S2/c22-11-5-7-12(8-6-11)24-15(26)9-21(19(24)27)10-29-18-17(30-20(28)23-18)16(21)13-3-1-2-4-14(13)25/h1-8,16,25H,9-10H2,(H,23,28)/t16-,21+/m1/s1. The lowest BCUT2D eigenvalue weighted by molar-refractivity contribution is -0.125. The van der Waals surface area contributed by atoms with E-state index in [-0.39, 0.29) is 28.9 Å². The molecule has 0 unspecified atom stereocenters. The number of amides is 2. The van der Waals surface area contributed by atoms with E-state index in [4.69, 9.17) is 11.6 Å². The molecule has 2 aliphatic heterocycles. The fourth-order valence-electron chi connectivity index (χ4n) is 4.28. The molecule has 5 rings (SSSR count). The molecule has 1 spiro atoms. The molecule has 3 aromatic rings. The lowest BCUT2D eigenvalue weighted by atomic mass is 9.70. The number of anilines is 1. The molecule has 0 radical (unpaired) electrons. The maximum Gasteiger partial charge on any atom is 0.305 e. The quantitative estimate of drug-likeness (QED) is 0.567. The number of para-hydroxylation sites is 1. The van der Waals surface area contributed by atoms with Crippen molar-refractivity contribution in [3.63, 3.8) is 0 Å². The van der Waals surface area contributed by atoms with Gasteiger partial charge in [-0.3, -0.25) is 14.4 Å². The van der Waals surface area contributed by atoms with Gasteiger partial charge in [0.1, 0.15) is 5.75 Å². The SMILES string of the molecule is O=C1C[C@@]2(CSc3[nH]c(=O)sc3[C@H]2c2ccccc2O)C(=O)N1c1ccc(Cl)cc1. The number of phenols is 1. The van der Waals surface area contributed by atoms with E-state index >= 15 is 0 Å². The van der Waals surface area contributed by atoms with E-state index in [1.165, 1.54) is 16.7 Å². The lowest BCUT2D eigenvalue weighted by Crippen LogP contribution is -2.43. The molecule has 2 aromatic carbocycles. The zero-order valence-electron chi connectivity index (χ0n) is 15.4. The van der Waals surface area contributed by atoms with E-state index in [1.54, 1.807) is 48.5 Å². The molecule has 1 fully saturated rings. The number of phenolic OH excluding ortho intramolecular Hbond substituents is 1. The highest BCUT2D eigenvalue weighted by atomic mass is 35.5. The van der Waals surface area contributed by atoms with Crippen molar-refractivity contribution in [2.75, 3.05) is 10.7 Å². The van der Waals surface area contributed by atoms with Crippen LogP contribution >= 0.6 is 34.7 Å². The summed E-state index contributed by atoms with van der Waals surface area (Å²) in [6.45, 7) is 0. The molecule has 2 N–H and O–H groups in total. The van der Waals surface area contributed by atoms with Crippen LogP contribution in [-0.2, 0) is 9.59 Å². The van der Waals surface area contributed by atoms with E-state index in [2.05, 4.69) is 4.98 Å². The summed E-state index contributed by atoms with van der Waals surface area (Å²) in [5.74, 6) is -0.893. The van der Waals surface area contributed by atoms with Gasteiger partial charge in [-0.05, 0) is 30.3 Å². The van der Waals surface area contributed by atoms with Gasteiger partial charge in [0.15, 0.2) is 0 Å². The molecule has 3 heterocycles. The average Bonchev–Trinajstić information content (AvgIpc) is 3.21. The first-order chi connectivity index (χ1) is 14.4. The van der Waals surface area contributed by atoms with Gasteiger partial charge in [-0.15, -0.1) is 11.8 Å². The summed E-state index contributed by atoms with van der Waals surface area (Å²) in [7, 11) is 0. The Morgan fingerprint density at radius 1 is 1.10 bits per heavy atom. The van der Waals surface area contributed by atoms with Gasteiger partial charge in [0.25, 0.3) is 0 Å². The average molecular weight is 459 g/mol. The maximum atomic E-state index is 13.8. The molecule has 9 heteroatoms. The predicted molar refractivity (Wildman–Crippen MR) is 117 cm³/mol. The van der Waals surface area contributed by atoms with Gasteiger partial charge in [0.2, 0.25) is 11.8 Å². The summed E-state index contributed by atoms with van der Waals surface area (Å²) < 4.78 is 0. The Morgan fingerprint density at radius 3 is 2.57 bits per heavy atom. The van der Waals surface area contributed by atoms with Crippen molar-refractivity contribution in [2.45, 2.75) is 17.4 Å². The fourth-order valence-corrected chi connectivity index (χ4v) is 6.96. The van der Waals surface area contributed by atoms with Gasteiger partial charge in [-0.1, -0.05) is 41.1 Å². The first kappa shape index (κ1) is 19.4. The topological polar surface area (TPSA) is 90.5 Å². The van der Waals surface area contributed by atoms with Gasteiger partial charge in [-0.2, -0.15) is 0 Å². The number of carbonyl (C=O) groups excluding carboxylic acids is 2. The van der Waals surface area contributed by atoms with Crippen molar-refractivity contribution in [1.82, 2.24) is 4.98 Å². The van der Waals surface area contributed by atoms with E-state index in [9.17, 15) is 19.5 Å². The van der Waals surface area contributed by atoms with Gasteiger partial charge in [0.05, 0.1) is 16.1 Å². The van der Waals surface area contributed by atoms with Crippen LogP contribution in [0, 0.1) is 5.41 Å². The first-order valence-corrected chi connectivity index (χ1v) is 11.4. The minimum Gasteiger partial charge on any atom is -0.508 e.